The van der Waals surface area contributed by atoms with Crippen molar-refractivity contribution in [2.24, 2.45) is 0 Å². The predicted molar refractivity (Wildman–Crippen MR) is 81.9 cm³/mol. The van der Waals surface area contributed by atoms with Crippen LogP contribution >= 0.6 is 0 Å². The summed E-state index contributed by atoms with van der Waals surface area (Å²) < 4.78 is 10.9. The summed E-state index contributed by atoms with van der Waals surface area (Å²) in [6.45, 7) is 2.90. The summed E-state index contributed by atoms with van der Waals surface area (Å²) in [5.74, 6) is 1.33. The third-order valence-corrected chi connectivity index (χ3v) is 3.33. The SMILES string of the molecule is CCCCCCCCCOc1cc(C=O)ccc1OC. The van der Waals surface area contributed by atoms with Crippen LogP contribution in [-0.4, -0.2) is 20.0 Å². The van der Waals surface area contributed by atoms with E-state index in [0.29, 0.717) is 23.7 Å². The van der Waals surface area contributed by atoms with E-state index in [1.807, 2.05) is 0 Å². The van der Waals surface area contributed by atoms with Gasteiger partial charge in [0.15, 0.2) is 11.5 Å². The van der Waals surface area contributed by atoms with Gasteiger partial charge in [0.25, 0.3) is 0 Å². The highest BCUT2D eigenvalue weighted by Crippen LogP contribution is 2.27. The van der Waals surface area contributed by atoms with Gasteiger partial charge in [-0.05, 0) is 24.6 Å². The van der Waals surface area contributed by atoms with Crippen LogP contribution in [0.5, 0.6) is 11.5 Å². The molecule has 20 heavy (non-hydrogen) atoms. The largest absolute Gasteiger partial charge is 0.493 e. The highest BCUT2D eigenvalue weighted by Gasteiger charge is 2.05. The highest BCUT2D eigenvalue weighted by atomic mass is 16.5. The molecule has 1 aromatic carbocycles. The maximum atomic E-state index is 10.8. The van der Waals surface area contributed by atoms with E-state index in [0.717, 1.165) is 12.7 Å². The Kier molecular flexibility index (Phi) is 8.52. The minimum Gasteiger partial charge on any atom is -0.493 e. The molecule has 0 radical (unpaired) electrons. The predicted octanol–water partition coefficient (Wildman–Crippen LogP) is 4.64. The van der Waals surface area contributed by atoms with E-state index in [4.69, 9.17) is 9.47 Å². The Hall–Kier alpha value is -1.51. The molecule has 0 aliphatic heterocycles. The van der Waals surface area contributed by atoms with Crippen LogP contribution in [0.2, 0.25) is 0 Å². The van der Waals surface area contributed by atoms with Gasteiger partial charge >= 0.3 is 0 Å². The molecular formula is C17H26O3. The normalized spacial score (nSPS) is 10.3. The Bertz CT molecular complexity index is 388. The highest BCUT2D eigenvalue weighted by molar-refractivity contribution is 5.76. The molecule has 3 heteroatoms. The third-order valence-electron chi connectivity index (χ3n) is 3.33. The number of hydrogen-bond acceptors (Lipinski definition) is 3. The average molecular weight is 278 g/mol. The maximum absolute atomic E-state index is 10.8. The van der Waals surface area contributed by atoms with Crippen molar-refractivity contribution >= 4 is 6.29 Å². The molecule has 3 nitrogen and oxygen atoms in total. The number of benzene rings is 1. The fraction of sp³-hybridized carbons (Fsp3) is 0.588. The zero-order chi connectivity index (χ0) is 14.6. The lowest BCUT2D eigenvalue weighted by atomic mass is 10.1. The second-order valence-corrected chi connectivity index (χ2v) is 5.00. The lowest BCUT2D eigenvalue weighted by Gasteiger charge is -2.11. The van der Waals surface area contributed by atoms with Crippen LogP contribution in [0.15, 0.2) is 18.2 Å². The molecule has 0 spiro atoms. The van der Waals surface area contributed by atoms with Crippen LogP contribution in [-0.2, 0) is 0 Å². The number of rotatable bonds is 11. The van der Waals surface area contributed by atoms with Crippen molar-refractivity contribution in [3.63, 3.8) is 0 Å². The molecule has 0 saturated heterocycles. The van der Waals surface area contributed by atoms with Gasteiger partial charge in [-0.1, -0.05) is 45.4 Å². The molecule has 1 aromatic rings. The van der Waals surface area contributed by atoms with Crippen molar-refractivity contribution in [1.82, 2.24) is 0 Å². The molecule has 0 fully saturated rings. The Morgan fingerprint density at radius 3 is 2.35 bits per heavy atom. The van der Waals surface area contributed by atoms with Crippen LogP contribution < -0.4 is 9.47 Å². The Morgan fingerprint density at radius 2 is 1.70 bits per heavy atom. The summed E-state index contributed by atoms with van der Waals surface area (Å²) in [5.41, 5.74) is 0.611. The third kappa shape index (κ3) is 6.09. The molecule has 0 saturated carbocycles. The minimum absolute atomic E-state index is 0.611. The van der Waals surface area contributed by atoms with Gasteiger partial charge in [-0.25, -0.2) is 0 Å². The summed E-state index contributed by atoms with van der Waals surface area (Å²) in [5, 5.41) is 0. The van der Waals surface area contributed by atoms with E-state index >= 15 is 0 Å². The van der Waals surface area contributed by atoms with E-state index in [1.54, 1.807) is 25.3 Å². The second kappa shape index (κ2) is 10.3. The van der Waals surface area contributed by atoms with Crippen molar-refractivity contribution in [2.75, 3.05) is 13.7 Å². The summed E-state index contributed by atoms with van der Waals surface area (Å²) in [7, 11) is 1.61. The van der Waals surface area contributed by atoms with Gasteiger partial charge in [0, 0.05) is 5.56 Å². The summed E-state index contributed by atoms with van der Waals surface area (Å²) in [6.07, 6.45) is 9.61. The summed E-state index contributed by atoms with van der Waals surface area (Å²) >= 11 is 0. The number of unbranched alkanes of at least 4 members (excludes halogenated alkanes) is 6. The maximum Gasteiger partial charge on any atom is 0.161 e. The monoisotopic (exact) mass is 278 g/mol. The van der Waals surface area contributed by atoms with Crippen molar-refractivity contribution in [1.29, 1.82) is 0 Å². The molecule has 0 heterocycles. The van der Waals surface area contributed by atoms with E-state index in [2.05, 4.69) is 6.92 Å². The molecule has 0 atom stereocenters. The minimum atomic E-state index is 0.611. The summed E-state index contributed by atoms with van der Waals surface area (Å²) in [6, 6.07) is 5.23. The molecule has 0 unspecified atom stereocenters. The Balaban J connectivity index is 2.25. The molecule has 112 valence electrons. The first-order valence-electron chi connectivity index (χ1n) is 7.57. The number of aldehydes is 1. The van der Waals surface area contributed by atoms with Crippen molar-refractivity contribution in [2.45, 2.75) is 51.9 Å². The van der Waals surface area contributed by atoms with Crippen LogP contribution in [0.1, 0.15) is 62.2 Å². The van der Waals surface area contributed by atoms with Crippen molar-refractivity contribution in [3.05, 3.63) is 23.8 Å². The zero-order valence-electron chi connectivity index (χ0n) is 12.7. The van der Waals surface area contributed by atoms with Gasteiger partial charge < -0.3 is 9.47 Å². The van der Waals surface area contributed by atoms with Crippen LogP contribution in [0.3, 0.4) is 0 Å². The molecular weight excluding hydrogens is 252 g/mol. The second-order valence-electron chi connectivity index (χ2n) is 5.00. The Morgan fingerprint density at radius 1 is 1.00 bits per heavy atom. The van der Waals surface area contributed by atoms with E-state index in [9.17, 15) is 4.79 Å². The zero-order valence-corrected chi connectivity index (χ0v) is 12.7. The number of carbonyl (C=O) groups is 1. The molecule has 0 N–H and O–H groups in total. The quantitative estimate of drug-likeness (QED) is 0.437. The van der Waals surface area contributed by atoms with Gasteiger partial charge in [-0.2, -0.15) is 0 Å². The summed E-state index contributed by atoms with van der Waals surface area (Å²) in [4.78, 5) is 10.8. The van der Waals surface area contributed by atoms with Crippen LogP contribution in [0.4, 0.5) is 0 Å². The molecule has 0 bridgehead atoms. The first-order chi connectivity index (χ1) is 9.81. The number of hydrogen-bond donors (Lipinski definition) is 0. The van der Waals surface area contributed by atoms with Gasteiger partial charge in [0.1, 0.15) is 6.29 Å². The topological polar surface area (TPSA) is 35.5 Å². The lowest BCUT2D eigenvalue weighted by Crippen LogP contribution is -2.00. The fourth-order valence-electron chi connectivity index (χ4n) is 2.12. The average Bonchev–Trinajstić information content (AvgIpc) is 2.49. The smallest absolute Gasteiger partial charge is 0.161 e. The lowest BCUT2D eigenvalue weighted by molar-refractivity contribution is 0.112. The fourth-order valence-corrected chi connectivity index (χ4v) is 2.12. The van der Waals surface area contributed by atoms with E-state index < -0.39 is 0 Å². The standard InChI is InChI=1S/C17H26O3/c1-3-4-5-6-7-8-9-12-20-17-13-15(14-18)10-11-16(17)19-2/h10-11,13-14H,3-9,12H2,1-2H3. The number of ether oxygens (including phenoxy) is 2. The van der Waals surface area contributed by atoms with Crippen LogP contribution in [0.25, 0.3) is 0 Å². The molecule has 1 rings (SSSR count). The van der Waals surface area contributed by atoms with Crippen molar-refractivity contribution in [3.8, 4) is 11.5 Å². The molecule has 0 aromatic heterocycles. The molecule has 0 amide bonds. The van der Waals surface area contributed by atoms with E-state index in [-0.39, 0.29) is 0 Å². The number of methoxy groups -OCH3 is 1. The van der Waals surface area contributed by atoms with Gasteiger partial charge in [-0.3, -0.25) is 4.79 Å². The number of carbonyl (C=O) groups excluding carboxylic acids is 1. The van der Waals surface area contributed by atoms with Gasteiger partial charge in [-0.15, -0.1) is 0 Å². The van der Waals surface area contributed by atoms with Crippen molar-refractivity contribution < 1.29 is 14.3 Å². The first kappa shape index (κ1) is 16.5. The Labute approximate surface area is 122 Å². The van der Waals surface area contributed by atoms with E-state index in [1.165, 1.54) is 38.5 Å². The molecule has 0 aliphatic rings. The molecule has 0 aliphatic carbocycles. The van der Waals surface area contributed by atoms with Crippen LogP contribution in [0, 0.1) is 0 Å². The van der Waals surface area contributed by atoms with Gasteiger partial charge in [0.2, 0.25) is 0 Å². The van der Waals surface area contributed by atoms with Gasteiger partial charge in [0.05, 0.1) is 13.7 Å². The first-order valence-corrected chi connectivity index (χ1v) is 7.57.